The van der Waals surface area contributed by atoms with Crippen molar-refractivity contribution in [3.05, 3.63) is 22.7 Å². The van der Waals surface area contributed by atoms with Crippen LogP contribution in [-0.2, 0) is 9.30 Å². The molecule has 1 heterocycles. The van der Waals surface area contributed by atoms with Gasteiger partial charge < -0.3 is 24.7 Å². The molecule has 1 rings (SSSR count). The maximum Gasteiger partial charge on any atom is 0.382 e. The quantitative estimate of drug-likeness (QED) is 0.464. The molecule has 0 amide bonds. The van der Waals surface area contributed by atoms with Gasteiger partial charge in [-0.15, -0.1) is 4.73 Å². The van der Waals surface area contributed by atoms with Gasteiger partial charge in [-0.2, -0.15) is 4.98 Å². The molecule has 0 fully saturated rings. The highest BCUT2D eigenvalue weighted by Crippen LogP contribution is 2.55. The highest BCUT2D eigenvalue weighted by Gasteiger charge is 2.45. The molecule has 0 spiro atoms. The van der Waals surface area contributed by atoms with Gasteiger partial charge in [-0.05, 0) is 12.8 Å². The second-order valence-electron chi connectivity index (χ2n) is 4.26. The molecule has 0 aliphatic heterocycles. The molecule has 0 radical (unpaired) electrons. The van der Waals surface area contributed by atoms with E-state index in [0.29, 0.717) is 5.82 Å². The molecule has 0 atom stereocenters. The number of hydrogen-bond acceptors (Lipinski definition) is 6. The monoisotopic (exact) mass is 321 g/mol. The summed E-state index contributed by atoms with van der Waals surface area (Å²) in [5.41, 5.74) is -0.666. The number of nitrogens with zero attached hydrogens (tertiary/aromatic N) is 2. The van der Waals surface area contributed by atoms with Crippen molar-refractivity contribution in [2.75, 3.05) is 19.2 Å². The molecule has 9 nitrogen and oxygen atoms in total. The molecule has 0 saturated heterocycles. The summed E-state index contributed by atoms with van der Waals surface area (Å²) < 4.78 is 17.6. The fourth-order valence-corrected chi connectivity index (χ4v) is 2.82. The fraction of sp³-hybridized carbons (Fsp3) is 0.636. The first-order chi connectivity index (χ1) is 9.79. The summed E-state index contributed by atoms with van der Waals surface area (Å²) in [6, 6.07) is 1.51. The molecule has 10 heteroatoms. The van der Waals surface area contributed by atoms with Crippen LogP contribution in [0, 0.1) is 0 Å². The van der Waals surface area contributed by atoms with Gasteiger partial charge >= 0.3 is 13.3 Å². The summed E-state index contributed by atoms with van der Waals surface area (Å²) in [4.78, 5) is 39.0. The third-order valence-corrected chi connectivity index (χ3v) is 5.01. The number of hydrogen-bond donors (Lipinski definition) is 3. The van der Waals surface area contributed by atoms with Crippen LogP contribution in [0.4, 0.5) is 5.82 Å². The number of anilines is 1. The van der Waals surface area contributed by atoms with E-state index < -0.39 is 25.4 Å². The Morgan fingerprint density at radius 3 is 2.48 bits per heavy atom. The molecule has 3 N–H and O–H groups in total. The average molecular weight is 321 g/mol. The molecular formula is C11H20N3O6P. The van der Waals surface area contributed by atoms with Crippen LogP contribution in [0.15, 0.2) is 17.1 Å². The van der Waals surface area contributed by atoms with Gasteiger partial charge in [-0.3, -0.25) is 4.57 Å². The first-order valence-electron chi connectivity index (χ1n) is 6.40. The van der Waals surface area contributed by atoms with Gasteiger partial charge in [0.25, 0.3) is 0 Å². The van der Waals surface area contributed by atoms with Crippen LogP contribution in [0.3, 0.4) is 0 Å². The second-order valence-corrected chi connectivity index (χ2v) is 6.16. The lowest BCUT2D eigenvalue weighted by Crippen LogP contribution is -2.36. The van der Waals surface area contributed by atoms with Crippen molar-refractivity contribution < 1.29 is 23.9 Å². The molecule has 0 aliphatic rings. The number of nitrogens with one attached hydrogen (secondary N) is 1. The third kappa shape index (κ3) is 4.04. The molecule has 0 bridgehead atoms. The van der Waals surface area contributed by atoms with Crippen LogP contribution >= 0.6 is 7.60 Å². The summed E-state index contributed by atoms with van der Waals surface area (Å²) in [5.74, 6) is 0.382. The normalized spacial score (nSPS) is 12.2. The van der Waals surface area contributed by atoms with Crippen LogP contribution in [-0.4, -0.2) is 38.7 Å². The van der Waals surface area contributed by atoms with Crippen LogP contribution in [0.25, 0.3) is 0 Å². The van der Waals surface area contributed by atoms with Gasteiger partial charge in [0.2, 0.25) is 6.79 Å². The average Bonchev–Trinajstić information content (AvgIpc) is 2.44. The third-order valence-electron chi connectivity index (χ3n) is 3.18. The van der Waals surface area contributed by atoms with Crippen LogP contribution in [0.1, 0.15) is 26.7 Å². The van der Waals surface area contributed by atoms with Crippen LogP contribution in [0.5, 0.6) is 0 Å². The predicted octanol–water partition coefficient (Wildman–Crippen LogP) is 0.382. The maximum absolute atomic E-state index is 11.6. The predicted molar refractivity (Wildman–Crippen MR) is 75.9 cm³/mol. The highest BCUT2D eigenvalue weighted by atomic mass is 31.2. The van der Waals surface area contributed by atoms with E-state index in [-0.39, 0.29) is 12.8 Å². The van der Waals surface area contributed by atoms with Crippen molar-refractivity contribution in [2.24, 2.45) is 0 Å². The minimum absolute atomic E-state index is 0.114. The zero-order chi connectivity index (χ0) is 16.1. The minimum atomic E-state index is -4.47. The van der Waals surface area contributed by atoms with Gasteiger partial charge in [0.1, 0.15) is 5.82 Å². The van der Waals surface area contributed by atoms with Gasteiger partial charge in [0.05, 0.1) is 6.20 Å². The summed E-state index contributed by atoms with van der Waals surface area (Å²) in [5, 5.41) is 1.08. The second kappa shape index (κ2) is 7.04. The Labute approximate surface area is 122 Å². The van der Waals surface area contributed by atoms with Crippen molar-refractivity contribution in [3.63, 3.8) is 0 Å². The first-order valence-corrected chi connectivity index (χ1v) is 8.01. The van der Waals surface area contributed by atoms with E-state index >= 15 is 0 Å². The molecule has 0 unspecified atom stereocenters. The lowest BCUT2D eigenvalue weighted by molar-refractivity contribution is -0.123. The Morgan fingerprint density at radius 1 is 1.43 bits per heavy atom. The number of rotatable bonds is 8. The molecule has 21 heavy (non-hydrogen) atoms. The summed E-state index contributed by atoms with van der Waals surface area (Å²) in [6.45, 7) is 2.74. The van der Waals surface area contributed by atoms with E-state index in [0.717, 1.165) is 4.73 Å². The Balaban J connectivity index is 2.76. The smallest absolute Gasteiger partial charge is 0.381 e. The maximum atomic E-state index is 11.6. The Bertz CT molecular complexity index is 565. The largest absolute Gasteiger partial charge is 0.382 e. The molecular weight excluding hydrogens is 301 g/mol. The van der Waals surface area contributed by atoms with Gasteiger partial charge in [0, 0.05) is 13.1 Å². The van der Waals surface area contributed by atoms with Crippen LogP contribution in [0.2, 0.25) is 0 Å². The lowest BCUT2D eigenvalue weighted by atomic mass is 10.2. The molecule has 0 aliphatic carbocycles. The lowest BCUT2D eigenvalue weighted by Gasteiger charge is -2.31. The Morgan fingerprint density at radius 2 is 2.05 bits per heavy atom. The standard InChI is InChI=1S/C11H20N3O6P/c1-4-11(5-2,21(16,17)18)19-8-20-14-7-6-9(12-3)13-10(14)15/h6-7H,4-5,8H2,1-3H3,(H,12,13,15)(H2,16,17,18). The van der Waals surface area contributed by atoms with Gasteiger partial charge in [0.15, 0.2) is 5.34 Å². The number of ether oxygens (including phenoxy) is 1. The molecule has 0 saturated carbocycles. The Kier molecular flexibility index (Phi) is 5.91. The van der Waals surface area contributed by atoms with E-state index in [1.165, 1.54) is 12.3 Å². The van der Waals surface area contributed by atoms with Gasteiger partial charge in [-0.25, -0.2) is 4.79 Å². The van der Waals surface area contributed by atoms with E-state index in [2.05, 4.69) is 10.3 Å². The minimum Gasteiger partial charge on any atom is -0.381 e. The van der Waals surface area contributed by atoms with Crippen molar-refractivity contribution in [2.45, 2.75) is 32.0 Å². The fourth-order valence-electron chi connectivity index (χ4n) is 1.77. The summed E-state index contributed by atoms with van der Waals surface area (Å²) in [6.07, 6.45) is 1.56. The zero-order valence-electron chi connectivity index (χ0n) is 12.1. The van der Waals surface area contributed by atoms with E-state index in [1.807, 2.05) is 0 Å². The highest BCUT2D eigenvalue weighted by molar-refractivity contribution is 7.53. The Hall–Kier alpha value is -1.41. The van der Waals surface area contributed by atoms with Crippen molar-refractivity contribution in [1.82, 2.24) is 9.71 Å². The molecule has 1 aromatic heterocycles. The molecule has 120 valence electrons. The topological polar surface area (TPSA) is 123 Å². The summed E-state index contributed by atoms with van der Waals surface area (Å²) >= 11 is 0. The van der Waals surface area contributed by atoms with E-state index in [1.54, 1.807) is 20.9 Å². The SMILES string of the molecule is CCC(CC)(OCOn1ccc(NC)nc1=O)P(=O)(O)O. The molecule has 1 aromatic rings. The van der Waals surface area contributed by atoms with E-state index in [9.17, 15) is 19.1 Å². The van der Waals surface area contributed by atoms with E-state index in [4.69, 9.17) is 9.57 Å². The zero-order valence-corrected chi connectivity index (χ0v) is 13.0. The van der Waals surface area contributed by atoms with Gasteiger partial charge in [-0.1, -0.05) is 13.8 Å². The van der Waals surface area contributed by atoms with Crippen molar-refractivity contribution >= 4 is 13.4 Å². The van der Waals surface area contributed by atoms with Crippen molar-refractivity contribution in [1.29, 1.82) is 0 Å². The van der Waals surface area contributed by atoms with Crippen LogP contribution < -0.4 is 15.8 Å². The summed E-state index contributed by atoms with van der Waals surface area (Å²) in [7, 11) is -2.85. The number of aromatic nitrogens is 2. The molecule has 0 aromatic carbocycles. The van der Waals surface area contributed by atoms with Crippen molar-refractivity contribution in [3.8, 4) is 0 Å². The first kappa shape index (κ1) is 17.6.